The molecule has 3 aromatic rings. The third-order valence-electron chi connectivity index (χ3n) is 3.55. The molecule has 6 heteroatoms. The molecule has 0 spiro atoms. The molecule has 2 aromatic heterocycles. The third kappa shape index (κ3) is 5.41. The van der Waals surface area contributed by atoms with E-state index in [1.165, 1.54) is 17.7 Å². The van der Waals surface area contributed by atoms with Crippen LogP contribution in [0.3, 0.4) is 0 Å². The molecule has 0 saturated carbocycles. The van der Waals surface area contributed by atoms with Gasteiger partial charge in [0.25, 0.3) is 0 Å². The van der Waals surface area contributed by atoms with E-state index < -0.39 is 0 Å². The first-order chi connectivity index (χ1) is 12.3. The van der Waals surface area contributed by atoms with Crippen molar-refractivity contribution >= 4 is 34.0 Å². The highest BCUT2D eigenvalue weighted by molar-refractivity contribution is 7.15. The first kappa shape index (κ1) is 17.6. The minimum atomic E-state index is 0.777. The zero-order valence-corrected chi connectivity index (χ0v) is 15.8. The second-order valence-corrected chi connectivity index (χ2v) is 7.32. The van der Waals surface area contributed by atoms with Gasteiger partial charge in [-0.1, -0.05) is 25.8 Å². The van der Waals surface area contributed by atoms with Gasteiger partial charge in [0.15, 0.2) is 0 Å². The topological polar surface area (TPSA) is 46.5 Å². The molecule has 0 radical (unpaired) electrons. The lowest BCUT2D eigenvalue weighted by Crippen LogP contribution is -1.97. The molecule has 0 amide bonds. The number of benzene rings is 1. The summed E-state index contributed by atoms with van der Waals surface area (Å²) in [5, 5.41) is 9.13. The van der Waals surface area contributed by atoms with Crippen LogP contribution in [0.4, 0.5) is 5.13 Å². The van der Waals surface area contributed by atoms with Crippen LogP contribution in [0.1, 0.15) is 31.7 Å². The van der Waals surface area contributed by atoms with Crippen LogP contribution in [-0.4, -0.2) is 17.8 Å². The van der Waals surface area contributed by atoms with Gasteiger partial charge in [0.1, 0.15) is 5.75 Å². The van der Waals surface area contributed by atoms with Crippen molar-refractivity contribution in [3.63, 3.8) is 0 Å². The number of thiophene rings is 1. The van der Waals surface area contributed by atoms with E-state index in [4.69, 9.17) is 4.74 Å². The van der Waals surface area contributed by atoms with Gasteiger partial charge < -0.3 is 4.74 Å². The van der Waals surface area contributed by atoms with Crippen molar-refractivity contribution in [2.75, 3.05) is 12.0 Å². The Labute approximate surface area is 156 Å². The average Bonchev–Trinajstić information content (AvgIpc) is 3.31. The van der Waals surface area contributed by atoms with Gasteiger partial charge >= 0.3 is 0 Å². The number of hydrogen-bond acceptors (Lipinski definition) is 6. The highest BCUT2D eigenvalue weighted by Gasteiger charge is 2.04. The van der Waals surface area contributed by atoms with E-state index in [-0.39, 0.29) is 0 Å². The minimum Gasteiger partial charge on any atom is -0.494 e. The highest BCUT2D eigenvalue weighted by Crippen LogP contribution is 2.28. The van der Waals surface area contributed by atoms with Gasteiger partial charge in [0.05, 0.1) is 23.4 Å². The zero-order valence-electron chi connectivity index (χ0n) is 14.1. The van der Waals surface area contributed by atoms with Crippen molar-refractivity contribution < 1.29 is 4.74 Å². The number of unbranched alkanes of at least 4 members (excludes halogenated alkanes) is 2. The molecule has 3 rings (SSSR count). The number of thiazole rings is 1. The van der Waals surface area contributed by atoms with Crippen molar-refractivity contribution in [1.82, 2.24) is 4.98 Å². The SMILES string of the molecule is CCCCCOc1ccc(/C=N\Nc2nc(-c3cccs3)cs2)cc1. The number of ether oxygens (including phenoxy) is 1. The van der Waals surface area contributed by atoms with Crippen LogP contribution in [0.25, 0.3) is 10.6 Å². The van der Waals surface area contributed by atoms with Crippen molar-refractivity contribution in [3.05, 3.63) is 52.7 Å². The van der Waals surface area contributed by atoms with Gasteiger partial charge in [-0.05, 0) is 47.7 Å². The maximum atomic E-state index is 5.71. The van der Waals surface area contributed by atoms with Crippen molar-refractivity contribution in [1.29, 1.82) is 0 Å². The normalized spacial score (nSPS) is 11.1. The number of nitrogens with one attached hydrogen (secondary N) is 1. The number of hydrogen-bond donors (Lipinski definition) is 1. The lowest BCUT2D eigenvalue weighted by molar-refractivity contribution is 0.306. The lowest BCUT2D eigenvalue weighted by atomic mass is 10.2. The Hall–Kier alpha value is -2.18. The van der Waals surface area contributed by atoms with Crippen LogP contribution in [-0.2, 0) is 0 Å². The molecule has 0 aliphatic rings. The molecule has 25 heavy (non-hydrogen) atoms. The quantitative estimate of drug-likeness (QED) is 0.290. The molecule has 0 unspecified atom stereocenters. The Kier molecular flexibility index (Phi) is 6.59. The van der Waals surface area contributed by atoms with Gasteiger partial charge in [-0.2, -0.15) is 5.10 Å². The highest BCUT2D eigenvalue weighted by atomic mass is 32.1. The number of hydrazone groups is 1. The Morgan fingerprint density at radius 2 is 2.04 bits per heavy atom. The predicted molar refractivity (Wildman–Crippen MR) is 108 cm³/mol. The Morgan fingerprint density at radius 3 is 2.80 bits per heavy atom. The van der Waals surface area contributed by atoms with E-state index in [0.717, 1.165) is 35.2 Å². The fourth-order valence-corrected chi connectivity index (χ4v) is 3.64. The molecule has 1 N–H and O–H groups in total. The summed E-state index contributed by atoms with van der Waals surface area (Å²) < 4.78 is 5.71. The number of nitrogens with zero attached hydrogens (tertiary/aromatic N) is 2. The van der Waals surface area contributed by atoms with E-state index in [9.17, 15) is 0 Å². The van der Waals surface area contributed by atoms with Crippen molar-refractivity contribution in [2.24, 2.45) is 5.10 Å². The van der Waals surface area contributed by atoms with Gasteiger partial charge in [0, 0.05) is 5.38 Å². The number of aromatic nitrogens is 1. The summed E-state index contributed by atoms with van der Waals surface area (Å²) in [5.74, 6) is 0.904. The predicted octanol–water partition coefficient (Wildman–Crippen LogP) is 5.89. The third-order valence-corrected chi connectivity index (χ3v) is 5.19. The van der Waals surface area contributed by atoms with E-state index in [1.54, 1.807) is 28.9 Å². The molecule has 0 bridgehead atoms. The summed E-state index contributed by atoms with van der Waals surface area (Å²) in [7, 11) is 0. The summed E-state index contributed by atoms with van der Waals surface area (Å²) in [6.45, 7) is 2.97. The molecule has 1 aromatic carbocycles. The van der Waals surface area contributed by atoms with Crippen LogP contribution >= 0.6 is 22.7 Å². The largest absolute Gasteiger partial charge is 0.494 e. The zero-order chi connectivity index (χ0) is 17.3. The molecule has 0 fully saturated rings. The van der Waals surface area contributed by atoms with Crippen molar-refractivity contribution in [3.8, 4) is 16.3 Å². The Balaban J connectivity index is 1.49. The molecular formula is C19H21N3OS2. The van der Waals surface area contributed by atoms with E-state index in [1.807, 2.05) is 35.7 Å². The molecule has 0 aliphatic heterocycles. The van der Waals surface area contributed by atoms with Crippen LogP contribution in [0, 0.1) is 0 Å². The van der Waals surface area contributed by atoms with Gasteiger partial charge in [-0.25, -0.2) is 4.98 Å². The van der Waals surface area contributed by atoms with Crippen LogP contribution in [0.2, 0.25) is 0 Å². The average molecular weight is 372 g/mol. The standard InChI is InChI=1S/C19H21N3OS2/c1-2-3-4-11-23-16-9-7-15(8-10-16)13-20-22-19-21-17(14-25-19)18-6-5-12-24-18/h5-10,12-14H,2-4,11H2,1H3,(H,21,22)/b20-13-. The smallest absolute Gasteiger partial charge is 0.203 e. The van der Waals surface area contributed by atoms with Crippen molar-refractivity contribution in [2.45, 2.75) is 26.2 Å². The summed E-state index contributed by atoms with van der Waals surface area (Å²) in [6, 6.07) is 12.1. The summed E-state index contributed by atoms with van der Waals surface area (Å²) in [4.78, 5) is 5.70. The maximum Gasteiger partial charge on any atom is 0.203 e. The minimum absolute atomic E-state index is 0.777. The summed E-state index contributed by atoms with van der Waals surface area (Å²) >= 11 is 3.23. The molecule has 2 heterocycles. The first-order valence-electron chi connectivity index (χ1n) is 8.36. The fraction of sp³-hybridized carbons (Fsp3) is 0.263. The van der Waals surface area contributed by atoms with Gasteiger partial charge in [0.2, 0.25) is 5.13 Å². The monoisotopic (exact) mass is 371 g/mol. The molecule has 4 nitrogen and oxygen atoms in total. The number of rotatable bonds is 9. The molecule has 0 aliphatic carbocycles. The lowest BCUT2D eigenvalue weighted by Gasteiger charge is -2.05. The molecule has 0 saturated heterocycles. The molecular weight excluding hydrogens is 350 g/mol. The van der Waals surface area contributed by atoms with Gasteiger partial charge in [-0.15, -0.1) is 22.7 Å². The first-order valence-corrected chi connectivity index (χ1v) is 10.1. The van der Waals surface area contributed by atoms with E-state index >= 15 is 0 Å². The summed E-state index contributed by atoms with van der Waals surface area (Å²) in [6.07, 6.45) is 5.30. The Bertz CT molecular complexity index is 779. The van der Waals surface area contributed by atoms with Crippen LogP contribution < -0.4 is 10.2 Å². The summed E-state index contributed by atoms with van der Waals surface area (Å²) in [5.41, 5.74) is 4.99. The van der Waals surface area contributed by atoms with E-state index in [0.29, 0.717) is 0 Å². The maximum absolute atomic E-state index is 5.71. The molecule has 0 atom stereocenters. The molecule has 130 valence electrons. The second-order valence-electron chi connectivity index (χ2n) is 5.51. The Morgan fingerprint density at radius 1 is 1.16 bits per heavy atom. The van der Waals surface area contributed by atoms with E-state index in [2.05, 4.69) is 33.9 Å². The number of anilines is 1. The fourth-order valence-electron chi connectivity index (χ4n) is 2.22. The second kappa shape index (κ2) is 9.34. The van der Waals surface area contributed by atoms with Crippen LogP contribution in [0.15, 0.2) is 52.3 Å². The van der Waals surface area contributed by atoms with Crippen LogP contribution in [0.5, 0.6) is 5.75 Å². The van der Waals surface area contributed by atoms with Gasteiger partial charge in [-0.3, -0.25) is 5.43 Å².